The molecule has 1 aliphatic rings. The van der Waals surface area contributed by atoms with Crippen LogP contribution in [0.15, 0.2) is 23.1 Å². The monoisotopic (exact) mass is 415 g/mol. The fraction of sp³-hybridized carbons (Fsp3) is 0.650. The van der Waals surface area contributed by atoms with Crippen molar-refractivity contribution in [2.24, 2.45) is 0 Å². The highest BCUT2D eigenvalue weighted by Crippen LogP contribution is 2.44. The molecule has 0 unspecified atom stereocenters. The van der Waals surface area contributed by atoms with Gasteiger partial charge in [0.25, 0.3) is 10.1 Å². The Labute approximate surface area is 166 Å². The Bertz CT molecular complexity index is 808. The Kier molecular flexibility index (Phi) is 6.76. The number of carbonyl (C=O) groups is 1. The molecular formula is C20H30FNO5S. The third kappa shape index (κ3) is 5.67. The third-order valence-electron chi connectivity index (χ3n) is 4.66. The van der Waals surface area contributed by atoms with Crippen LogP contribution in [0, 0.1) is 6.92 Å². The molecule has 28 heavy (non-hydrogen) atoms. The largest absolute Gasteiger partial charge is 0.444 e. The van der Waals surface area contributed by atoms with Crippen molar-refractivity contribution in [1.82, 2.24) is 5.32 Å². The van der Waals surface area contributed by atoms with Gasteiger partial charge in [-0.05, 0) is 66.4 Å². The number of hydrogen-bond donors (Lipinski definition) is 1. The normalized spacial score (nSPS) is 23.3. The average Bonchev–Trinajstić information content (AvgIpc) is 2.55. The molecule has 1 aromatic rings. The van der Waals surface area contributed by atoms with Crippen LogP contribution < -0.4 is 5.32 Å². The Hall–Kier alpha value is -1.67. The molecule has 6 nitrogen and oxygen atoms in total. The minimum Gasteiger partial charge on any atom is -0.444 e. The van der Waals surface area contributed by atoms with Gasteiger partial charge in [0.1, 0.15) is 16.2 Å². The van der Waals surface area contributed by atoms with E-state index in [0.29, 0.717) is 12.8 Å². The van der Waals surface area contributed by atoms with Crippen molar-refractivity contribution in [3.05, 3.63) is 29.3 Å². The van der Waals surface area contributed by atoms with Crippen LogP contribution in [0.5, 0.6) is 0 Å². The topological polar surface area (TPSA) is 81.7 Å². The molecular weight excluding hydrogens is 385 g/mol. The smallest absolute Gasteiger partial charge is 0.407 e. The summed E-state index contributed by atoms with van der Waals surface area (Å²) >= 11 is 0. The summed E-state index contributed by atoms with van der Waals surface area (Å²) in [7, 11) is -4.03. The number of ether oxygens (including phenoxy) is 1. The number of alkyl halides is 1. The summed E-state index contributed by atoms with van der Waals surface area (Å²) in [6.07, 6.45) is 0.450. The van der Waals surface area contributed by atoms with E-state index in [2.05, 4.69) is 5.32 Å². The van der Waals surface area contributed by atoms with Crippen molar-refractivity contribution in [3.8, 4) is 0 Å². The minimum absolute atomic E-state index is 0.0170. The van der Waals surface area contributed by atoms with Gasteiger partial charge < -0.3 is 10.1 Å². The maximum absolute atomic E-state index is 15.8. The molecule has 1 N–H and O–H groups in total. The van der Waals surface area contributed by atoms with Crippen LogP contribution in [0.2, 0.25) is 0 Å². The Morgan fingerprint density at radius 3 is 2.43 bits per heavy atom. The van der Waals surface area contributed by atoms with Crippen molar-refractivity contribution < 1.29 is 26.5 Å². The van der Waals surface area contributed by atoms with E-state index in [4.69, 9.17) is 8.92 Å². The van der Waals surface area contributed by atoms with Gasteiger partial charge in [-0.15, -0.1) is 0 Å². The number of hydrogen-bond acceptors (Lipinski definition) is 5. The molecule has 1 amide bonds. The van der Waals surface area contributed by atoms with E-state index in [1.807, 2.05) is 0 Å². The first-order chi connectivity index (χ1) is 12.9. The maximum Gasteiger partial charge on any atom is 0.407 e. The lowest BCUT2D eigenvalue weighted by atomic mass is 9.78. The highest BCUT2D eigenvalue weighted by molar-refractivity contribution is 7.86. The second kappa shape index (κ2) is 8.37. The Morgan fingerprint density at radius 1 is 1.29 bits per heavy atom. The molecule has 0 aromatic heterocycles. The first-order valence-corrected chi connectivity index (χ1v) is 11.0. The SMILES string of the molecule is CCOS(=O)(=O)c1ccc(C)cc1C1(F)CCC(NC(=O)OC(C)(C)C)CC1. The van der Waals surface area contributed by atoms with Gasteiger partial charge in [0, 0.05) is 11.6 Å². The zero-order valence-electron chi connectivity index (χ0n) is 17.2. The Balaban J connectivity index is 2.18. The molecule has 0 atom stereocenters. The molecule has 2 rings (SSSR count). The van der Waals surface area contributed by atoms with Crippen LogP contribution in [0.25, 0.3) is 0 Å². The summed E-state index contributed by atoms with van der Waals surface area (Å²) in [6, 6.07) is 4.40. The second-order valence-electron chi connectivity index (χ2n) is 8.25. The van der Waals surface area contributed by atoms with Crippen LogP contribution in [-0.2, 0) is 24.7 Å². The third-order valence-corrected chi connectivity index (χ3v) is 6.10. The first kappa shape index (κ1) is 22.6. The molecule has 1 fully saturated rings. The summed E-state index contributed by atoms with van der Waals surface area (Å²) < 4.78 is 50.8. The van der Waals surface area contributed by atoms with Crippen LogP contribution >= 0.6 is 0 Å². The zero-order chi connectivity index (χ0) is 21.2. The van der Waals surface area contributed by atoms with Gasteiger partial charge >= 0.3 is 6.09 Å². The fourth-order valence-electron chi connectivity index (χ4n) is 3.39. The van der Waals surface area contributed by atoms with Crippen molar-refractivity contribution in [2.75, 3.05) is 6.61 Å². The van der Waals surface area contributed by atoms with Gasteiger partial charge in [-0.25, -0.2) is 9.18 Å². The average molecular weight is 416 g/mol. The minimum atomic E-state index is -4.03. The molecule has 0 heterocycles. The van der Waals surface area contributed by atoms with Gasteiger partial charge in [-0.3, -0.25) is 4.18 Å². The predicted octanol–water partition coefficient (Wildman–Crippen LogP) is 4.35. The summed E-state index contributed by atoms with van der Waals surface area (Å²) in [5, 5.41) is 2.77. The maximum atomic E-state index is 15.8. The molecule has 1 aliphatic carbocycles. The molecule has 0 bridgehead atoms. The number of rotatable bonds is 5. The number of nitrogens with one attached hydrogen (secondary N) is 1. The molecule has 1 saturated carbocycles. The standard InChI is InChI=1S/C20H30FNO5S/c1-6-26-28(24,25)17-8-7-14(2)13-16(17)20(21)11-9-15(10-12-20)22-18(23)27-19(3,4)5/h7-8,13,15H,6,9-12H2,1-5H3,(H,22,23). The van der Waals surface area contributed by atoms with Crippen molar-refractivity contribution in [3.63, 3.8) is 0 Å². The number of aryl methyl sites for hydroxylation is 1. The molecule has 8 heteroatoms. The van der Waals surface area contributed by atoms with Crippen LogP contribution in [0.3, 0.4) is 0 Å². The van der Waals surface area contributed by atoms with Gasteiger partial charge in [0.15, 0.2) is 0 Å². The van der Waals surface area contributed by atoms with E-state index < -0.39 is 27.5 Å². The van der Waals surface area contributed by atoms with Crippen molar-refractivity contribution >= 4 is 16.2 Å². The summed E-state index contributed by atoms with van der Waals surface area (Å²) in [5.41, 5.74) is -1.49. The molecule has 158 valence electrons. The highest BCUT2D eigenvalue weighted by atomic mass is 32.2. The molecule has 0 radical (unpaired) electrons. The van der Waals surface area contributed by atoms with Gasteiger partial charge in [-0.1, -0.05) is 17.7 Å². The lowest BCUT2D eigenvalue weighted by Crippen LogP contribution is -2.43. The van der Waals surface area contributed by atoms with E-state index in [-0.39, 0.29) is 35.9 Å². The lowest BCUT2D eigenvalue weighted by molar-refractivity contribution is 0.0426. The second-order valence-corrected chi connectivity index (χ2v) is 9.83. The highest BCUT2D eigenvalue weighted by Gasteiger charge is 2.41. The predicted molar refractivity (Wildman–Crippen MR) is 104 cm³/mol. The van der Waals surface area contributed by atoms with Crippen LogP contribution in [0.1, 0.15) is 64.5 Å². The number of carbonyl (C=O) groups excluding carboxylic acids is 1. The lowest BCUT2D eigenvalue weighted by Gasteiger charge is -2.35. The van der Waals surface area contributed by atoms with Gasteiger partial charge in [0.05, 0.1) is 6.61 Å². The van der Waals surface area contributed by atoms with E-state index in [1.165, 1.54) is 6.07 Å². The molecule has 0 aliphatic heterocycles. The number of benzene rings is 1. The van der Waals surface area contributed by atoms with E-state index in [9.17, 15) is 13.2 Å². The number of alkyl carbamates (subject to hydrolysis) is 1. The first-order valence-electron chi connectivity index (χ1n) is 9.55. The van der Waals surface area contributed by atoms with Gasteiger partial charge in [-0.2, -0.15) is 8.42 Å². The van der Waals surface area contributed by atoms with E-state index >= 15 is 4.39 Å². The van der Waals surface area contributed by atoms with Gasteiger partial charge in [0.2, 0.25) is 0 Å². The fourth-order valence-corrected chi connectivity index (χ4v) is 4.58. The van der Waals surface area contributed by atoms with Crippen molar-refractivity contribution in [1.29, 1.82) is 0 Å². The van der Waals surface area contributed by atoms with Crippen LogP contribution in [0.4, 0.5) is 9.18 Å². The summed E-state index contributed by atoms with van der Waals surface area (Å²) in [6.45, 7) is 8.68. The summed E-state index contributed by atoms with van der Waals surface area (Å²) in [4.78, 5) is 11.8. The molecule has 0 saturated heterocycles. The van der Waals surface area contributed by atoms with E-state index in [1.54, 1.807) is 46.8 Å². The van der Waals surface area contributed by atoms with Crippen molar-refractivity contribution in [2.45, 2.75) is 82.5 Å². The number of amides is 1. The van der Waals surface area contributed by atoms with E-state index in [0.717, 1.165) is 5.56 Å². The zero-order valence-corrected chi connectivity index (χ0v) is 18.0. The quantitative estimate of drug-likeness (QED) is 0.723. The Morgan fingerprint density at radius 2 is 1.89 bits per heavy atom. The molecule has 0 spiro atoms. The van der Waals surface area contributed by atoms with Crippen LogP contribution in [-0.4, -0.2) is 32.8 Å². The summed E-state index contributed by atoms with van der Waals surface area (Å²) in [5.74, 6) is 0. The molecule has 1 aromatic carbocycles. The number of halogens is 1.